The van der Waals surface area contributed by atoms with E-state index < -0.39 is 0 Å². The van der Waals surface area contributed by atoms with Gasteiger partial charge in [0.15, 0.2) is 5.75 Å². The van der Waals surface area contributed by atoms with Crippen LogP contribution in [0, 0.1) is 0 Å². The molecule has 16 heavy (non-hydrogen) atoms. The van der Waals surface area contributed by atoms with Crippen molar-refractivity contribution in [3.63, 3.8) is 0 Å². The highest BCUT2D eigenvalue weighted by Crippen LogP contribution is 2.44. The SMILES string of the molecule is C=CCc1cc(OC)c2c(c1OC)COO2. The zero-order valence-electron chi connectivity index (χ0n) is 9.41. The number of methoxy groups -OCH3 is 2. The van der Waals surface area contributed by atoms with E-state index in [9.17, 15) is 0 Å². The summed E-state index contributed by atoms with van der Waals surface area (Å²) in [5.74, 6) is 2.05. The number of rotatable bonds is 4. The van der Waals surface area contributed by atoms with E-state index in [0.29, 0.717) is 24.5 Å². The van der Waals surface area contributed by atoms with Crippen molar-refractivity contribution in [3.05, 3.63) is 29.8 Å². The first-order chi connectivity index (χ1) is 7.81. The molecule has 0 saturated carbocycles. The molecule has 2 rings (SSSR count). The number of allylic oxidation sites excluding steroid dienone is 1. The summed E-state index contributed by atoms with van der Waals surface area (Å²) in [4.78, 5) is 10.0. The standard InChI is InChI=1S/C12H14O4/c1-4-5-8-6-10(13-2)12-9(7-15-16-12)11(8)14-3/h4,6H,1,5,7H2,2-3H3. The zero-order valence-corrected chi connectivity index (χ0v) is 9.41. The van der Waals surface area contributed by atoms with Crippen LogP contribution in [-0.4, -0.2) is 14.2 Å². The fraction of sp³-hybridized carbons (Fsp3) is 0.333. The van der Waals surface area contributed by atoms with E-state index in [0.717, 1.165) is 16.9 Å². The summed E-state index contributed by atoms with van der Waals surface area (Å²) in [5.41, 5.74) is 1.90. The van der Waals surface area contributed by atoms with Crippen molar-refractivity contribution in [1.29, 1.82) is 0 Å². The fourth-order valence-corrected chi connectivity index (χ4v) is 1.82. The minimum Gasteiger partial charge on any atom is -0.496 e. The van der Waals surface area contributed by atoms with Gasteiger partial charge in [-0.25, -0.2) is 0 Å². The monoisotopic (exact) mass is 222 g/mol. The third-order valence-corrected chi connectivity index (χ3v) is 2.50. The summed E-state index contributed by atoms with van der Waals surface area (Å²) in [7, 11) is 3.23. The third kappa shape index (κ3) is 1.61. The van der Waals surface area contributed by atoms with Crippen LogP contribution in [-0.2, 0) is 17.9 Å². The van der Waals surface area contributed by atoms with Gasteiger partial charge in [0.25, 0.3) is 0 Å². The maximum atomic E-state index is 5.38. The van der Waals surface area contributed by atoms with Gasteiger partial charge in [-0.1, -0.05) is 6.08 Å². The summed E-state index contributed by atoms with van der Waals surface area (Å²) >= 11 is 0. The second kappa shape index (κ2) is 4.45. The summed E-state index contributed by atoms with van der Waals surface area (Å²) < 4.78 is 10.6. The number of ether oxygens (including phenoxy) is 2. The molecule has 0 aliphatic carbocycles. The maximum absolute atomic E-state index is 5.38. The molecule has 86 valence electrons. The molecule has 1 aliphatic rings. The van der Waals surface area contributed by atoms with Gasteiger partial charge in [-0.2, -0.15) is 4.89 Å². The predicted octanol–water partition coefficient (Wildman–Crippen LogP) is 2.26. The van der Waals surface area contributed by atoms with Gasteiger partial charge in [-0.3, -0.25) is 0 Å². The number of hydrogen-bond acceptors (Lipinski definition) is 4. The summed E-state index contributed by atoms with van der Waals surface area (Å²) in [6.07, 6.45) is 2.53. The molecule has 1 aliphatic heterocycles. The summed E-state index contributed by atoms with van der Waals surface area (Å²) in [6.45, 7) is 4.10. The number of fused-ring (bicyclic) bond motifs is 1. The van der Waals surface area contributed by atoms with Gasteiger partial charge in [-0.05, 0) is 12.5 Å². The first-order valence-electron chi connectivity index (χ1n) is 4.99. The molecule has 1 heterocycles. The molecule has 0 fully saturated rings. The summed E-state index contributed by atoms with van der Waals surface area (Å²) in [5, 5.41) is 0. The van der Waals surface area contributed by atoms with Crippen LogP contribution in [0.1, 0.15) is 11.1 Å². The Morgan fingerprint density at radius 1 is 1.44 bits per heavy atom. The molecular formula is C12H14O4. The van der Waals surface area contributed by atoms with Crippen LogP contribution in [0.5, 0.6) is 17.2 Å². The van der Waals surface area contributed by atoms with Gasteiger partial charge in [0.05, 0.1) is 19.8 Å². The normalized spacial score (nSPS) is 12.9. The molecule has 1 aromatic rings. The first kappa shape index (κ1) is 10.8. The molecule has 0 N–H and O–H groups in total. The van der Waals surface area contributed by atoms with Crippen molar-refractivity contribution in [2.24, 2.45) is 0 Å². The highest BCUT2D eigenvalue weighted by atomic mass is 17.2. The molecule has 0 amide bonds. The van der Waals surface area contributed by atoms with Crippen molar-refractivity contribution in [3.8, 4) is 17.2 Å². The Morgan fingerprint density at radius 3 is 2.88 bits per heavy atom. The minimum absolute atomic E-state index is 0.375. The van der Waals surface area contributed by atoms with Gasteiger partial charge in [0.2, 0.25) is 5.75 Å². The van der Waals surface area contributed by atoms with Crippen LogP contribution in [0.4, 0.5) is 0 Å². The molecule has 0 saturated heterocycles. The molecular weight excluding hydrogens is 208 g/mol. The largest absolute Gasteiger partial charge is 0.496 e. The molecule has 0 radical (unpaired) electrons. The lowest BCUT2D eigenvalue weighted by Crippen LogP contribution is -1.97. The second-order valence-corrected chi connectivity index (χ2v) is 3.42. The highest BCUT2D eigenvalue weighted by molar-refractivity contribution is 5.58. The van der Waals surface area contributed by atoms with Gasteiger partial charge in [0.1, 0.15) is 12.4 Å². The molecule has 0 spiro atoms. The van der Waals surface area contributed by atoms with Gasteiger partial charge in [-0.15, -0.1) is 6.58 Å². The van der Waals surface area contributed by atoms with Crippen LogP contribution in [0.3, 0.4) is 0 Å². The van der Waals surface area contributed by atoms with E-state index >= 15 is 0 Å². The number of benzene rings is 1. The lowest BCUT2D eigenvalue weighted by atomic mass is 10.0. The van der Waals surface area contributed by atoms with E-state index in [2.05, 4.69) is 6.58 Å². The first-order valence-corrected chi connectivity index (χ1v) is 4.99. The van der Waals surface area contributed by atoms with Gasteiger partial charge >= 0.3 is 0 Å². The van der Waals surface area contributed by atoms with Crippen LogP contribution in [0.25, 0.3) is 0 Å². The van der Waals surface area contributed by atoms with Crippen molar-refractivity contribution < 1.29 is 19.2 Å². The number of hydrogen-bond donors (Lipinski definition) is 0. The Balaban J connectivity index is 2.58. The molecule has 4 heteroatoms. The maximum Gasteiger partial charge on any atom is 0.216 e. The molecule has 1 aromatic carbocycles. The average Bonchev–Trinajstić information content (AvgIpc) is 2.77. The van der Waals surface area contributed by atoms with E-state index in [4.69, 9.17) is 19.2 Å². The van der Waals surface area contributed by atoms with Crippen LogP contribution in [0.15, 0.2) is 18.7 Å². The lowest BCUT2D eigenvalue weighted by Gasteiger charge is -2.12. The topological polar surface area (TPSA) is 36.9 Å². The average molecular weight is 222 g/mol. The second-order valence-electron chi connectivity index (χ2n) is 3.42. The highest BCUT2D eigenvalue weighted by Gasteiger charge is 2.26. The van der Waals surface area contributed by atoms with Crippen molar-refractivity contribution in [2.45, 2.75) is 13.0 Å². The van der Waals surface area contributed by atoms with E-state index in [1.54, 1.807) is 14.2 Å². The van der Waals surface area contributed by atoms with Crippen LogP contribution >= 0.6 is 0 Å². The Morgan fingerprint density at radius 2 is 2.25 bits per heavy atom. The van der Waals surface area contributed by atoms with Crippen molar-refractivity contribution in [1.82, 2.24) is 0 Å². The molecule has 4 nitrogen and oxygen atoms in total. The fourth-order valence-electron chi connectivity index (χ4n) is 1.82. The predicted molar refractivity (Wildman–Crippen MR) is 58.9 cm³/mol. The quantitative estimate of drug-likeness (QED) is 0.578. The Labute approximate surface area is 94.3 Å². The van der Waals surface area contributed by atoms with E-state index in [1.807, 2.05) is 12.1 Å². The smallest absolute Gasteiger partial charge is 0.216 e. The molecule has 0 unspecified atom stereocenters. The van der Waals surface area contributed by atoms with E-state index in [1.165, 1.54) is 0 Å². The molecule has 0 bridgehead atoms. The molecule has 0 aromatic heterocycles. The Bertz CT molecular complexity index is 412. The lowest BCUT2D eigenvalue weighted by molar-refractivity contribution is -0.195. The van der Waals surface area contributed by atoms with Gasteiger partial charge < -0.3 is 14.4 Å². The van der Waals surface area contributed by atoms with Gasteiger partial charge in [0, 0.05) is 5.56 Å². The van der Waals surface area contributed by atoms with Crippen LogP contribution < -0.4 is 14.4 Å². The van der Waals surface area contributed by atoms with E-state index in [-0.39, 0.29) is 0 Å². The van der Waals surface area contributed by atoms with Crippen LogP contribution in [0.2, 0.25) is 0 Å². The molecule has 0 atom stereocenters. The Hall–Kier alpha value is -1.68. The van der Waals surface area contributed by atoms with Crippen molar-refractivity contribution >= 4 is 0 Å². The third-order valence-electron chi connectivity index (χ3n) is 2.50. The Kier molecular flexibility index (Phi) is 3.01. The van der Waals surface area contributed by atoms with Crippen molar-refractivity contribution in [2.75, 3.05) is 14.2 Å². The zero-order chi connectivity index (χ0) is 11.5. The summed E-state index contributed by atoms with van der Waals surface area (Å²) in [6, 6.07) is 1.88. The minimum atomic E-state index is 0.375.